The number of carboxylic acid groups (broad SMARTS) is 1. The molecule has 0 bridgehead atoms. The summed E-state index contributed by atoms with van der Waals surface area (Å²) in [5, 5.41) is 16.0. The van der Waals surface area contributed by atoms with Crippen LogP contribution >= 0.6 is 11.5 Å². The van der Waals surface area contributed by atoms with Gasteiger partial charge in [0, 0.05) is 24.5 Å². The minimum atomic E-state index is -0.960. The molecule has 0 radical (unpaired) electrons. The lowest BCUT2D eigenvalue weighted by Crippen LogP contribution is -2.25. The van der Waals surface area contributed by atoms with Crippen LogP contribution in [0.4, 0.5) is 5.13 Å². The molecule has 1 aromatic heterocycles. The molecule has 1 fully saturated rings. The van der Waals surface area contributed by atoms with Crippen LogP contribution in [-0.2, 0) is 9.59 Å². The van der Waals surface area contributed by atoms with Gasteiger partial charge in [0.15, 0.2) is 0 Å². The van der Waals surface area contributed by atoms with E-state index in [9.17, 15) is 9.59 Å². The Bertz CT molecular complexity index is 365. The van der Waals surface area contributed by atoms with Crippen molar-refractivity contribution in [3.8, 4) is 0 Å². The van der Waals surface area contributed by atoms with Crippen molar-refractivity contribution in [2.75, 3.05) is 11.4 Å². The van der Waals surface area contributed by atoms with Crippen LogP contribution < -0.4 is 4.90 Å². The quantitative estimate of drug-likeness (QED) is 0.704. The predicted molar refractivity (Wildman–Crippen MR) is 45.8 cm³/mol. The van der Waals surface area contributed by atoms with Gasteiger partial charge in [-0.05, 0) is 5.21 Å². The van der Waals surface area contributed by atoms with E-state index in [-0.39, 0.29) is 18.9 Å². The molecule has 1 N–H and O–H groups in total. The fraction of sp³-hybridized carbons (Fsp3) is 0.500. The molecule has 7 nitrogen and oxygen atoms in total. The highest BCUT2D eigenvalue weighted by atomic mass is 32.1. The number of hydrogen-bond acceptors (Lipinski definition) is 6. The third kappa shape index (κ3) is 1.43. The second-order valence-electron chi connectivity index (χ2n) is 2.89. The molecule has 1 aliphatic heterocycles. The third-order valence-corrected chi connectivity index (χ3v) is 2.61. The van der Waals surface area contributed by atoms with Crippen molar-refractivity contribution in [1.82, 2.24) is 14.8 Å². The van der Waals surface area contributed by atoms with Gasteiger partial charge in [-0.3, -0.25) is 14.5 Å². The maximum Gasteiger partial charge on any atom is 0.308 e. The molecular weight excluding hydrogens is 208 g/mol. The predicted octanol–water partition coefficient (Wildman–Crippen LogP) is -0.629. The van der Waals surface area contributed by atoms with Gasteiger partial charge >= 0.3 is 5.97 Å². The molecule has 0 aliphatic carbocycles. The van der Waals surface area contributed by atoms with Gasteiger partial charge in [0.2, 0.25) is 11.0 Å². The number of carboxylic acids is 1. The Balaban J connectivity index is 2.16. The molecule has 0 aromatic carbocycles. The molecule has 0 saturated carbocycles. The highest BCUT2D eigenvalue weighted by molar-refractivity contribution is 7.09. The van der Waals surface area contributed by atoms with Gasteiger partial charge in [0.25, 0.3) is 0 Å². The van der Waals surface area contributed by atoms with E-state index in [1.165, 1.54) is 4.90 Å². The summed E-state index contributed by atoms with van der Waals surface area (Å²) in [6.07, 6.45) is 0.0227. The number of anilines is 1. The molecule has 2 rings (SSSR count). The zero-order valence-corrected chi connectivity index (χ0v) is 7.77. The summed E-state index contributed by atoms with van der Waals surface area (Å²) in [5.41, 5.74) is 0. The minimum absolute atomic E-state index is 0.0227. The smallest absolute Gasteiger partial charge is 0.308 e. The number of aliphatic carboxylic acids is 1. The molecule has 1 aromatic rings. The maximum atomic E-state index is 11.4. The summed E-state index contributed by atoms with van der Waals surface area (Å²) in [6, 6.07) is 0. The van der Waals surface area contributed by atoms with E-state index in [1.807, 2.05) is 0 Å². The molecule has 74 valence electrons. The minimum Gasteiger partial charge on any atom is -0.481 e. The Hall–Kier alpha value is -1.57. The van der Waals surface area contributed by atoms with Crippen molar-refractivity contribution >= 4 is 28.5 Å². The van der Waals surface area contributed by atoms with E-state index < -0.39 is 11.9 Å². The highest BCUT2D eigenvalue weighted by Gasteiger charge is 2.36. The topological polar surface area (TPSA) is 96.3 Å². The summed E-state index contributed by atoms with van der Waals surface area (Å²) in [4.78, 5) is 23.3. The largest absolute Gasteiger partial charge is 0.481 e. The van der Waals surface area contributed by atoms with E-state index in [4.69, 9.17) is 5.11 Å². The molecule has 1 amide bonds. The second-order valence-corrected chi connectivity index (χ2v) is 3.60. The van der Waals surface area contributed by atoms with E-state index >= 15 is 0 Å². The van der Waals surface area contributed by atoms with Crippen LogP contribution in [0.1, 0.15) is 6.42 Å². The summed E-state index contributed by atoms with van der Waals surface area (Å²) < 4.78 is 3.51. The molecule has 2 heterocycles. The summed E-state index contributed by atoms with van der Waals surface area (Å²) in [5.74, 6) is -1.85. The summed E-state index contributed by atoms with van der Waals surface area (Å²) >= 11 is 0.978. The molecule has 1 aliphatic rings. The first kappa shape index (κ1) is 9.00. The molecule has 1 atom stereocenters. The summed E-state index contributed by atoms with van der Waals surface area (Å²) in [7, 11) is 0. The fourth-order valence-corrected chi connectivity index (χ4v) is 1.78. The third-order valence-electron chi connectivity index (χ3n) is 1.99. The molecule has 1 saturated heterocycles. The van der Waals surface area contributed by atoms with Gasteiger partial charge in [0.1, 0.15) is 0 Å². The monoisotopic (exact) mass is 214 g/mol. The number of carbonyl (C=O) groups excluding carboxylic acids is 1. The average molecular weight is 214 g/mol. The molecule has 1 unspecified atom stereocenters. The Morgan fingerprint density at radius 1 is 1.64 bits per heavy atom. The number of nitrogens with zero attached hydrogens (tertiary/aromatic N) is 4. The van der Waals surface area contributed by atoms with Crippen LogP contribution in [0.15, 0.2) is 0 Å². The normalized spacial score (nSPS) is 21.6. The Morgan fingerprint density at radius 3 is 2.93 bits per heavy atom. The number of aromatic nitrogens is 3. The van der Waals surface area contributed by atoms with E-state index in [1.54, 1.807) is 0 Å². The van der Waals surface area contributed by atoms with Crippen LogP contribution in [0.25, 0.3) is 0 Å². The molecular formula is C6H6N4O3S. The van der Waals surface area contributed by atoms with Gasteiger partial charge < -0.3 is 5.11 Å². The average Bonchev–Trinajstić information content (AvgIpc) is 2.71. The zero-order valence-electron chi connectivity index (χ0n) is 6.95. The van der Waals surface area contributed by atoms with Gasteiger partial charge in [-0.1, -0.05) is 9.59 Å². The molecule has 14 heavy (non-hydrogen) atoms. The van der Waals surface area contributed by atoms with Gasteiger partial charge in [-0.15, -0.1) is 0 Å². The van der Waals surface area contributed by atoms with Crippen LogP contribution in [0, 0.1) is 5.92 Å². The first-order valence-electron chi connectivity index (χ1n) is 3.86. The number of amides is 1. The zero-order chi connectivity index (χ0) is 10.1. The first-order chi connectivity index (χ1) is 6.68. The number of rotatable bonds is 2. The first-order valence-corrected chi connectivity index (χ1v) is 4.64. The Kier molecular flexibility index (Phi) is 2.12. The fourth-order valence-electron chi connectivity index (χ4n) is 1.29. The second kappa shape index (κ2) is 3.29. The van der Waals surface area contributed by atoms with Crippen LogP contribution in [0.2, 0.25) is 0 Å². The van der Waals surface area contributed by atoms with Crippen LogP contribution in [-0.4, -0.2) is 38.3 Å². The van der Waals surface area contributed by atoms with Crippen molar-refractivity contribution < 1.29 is 14.7 Å². The van der Waals surface area contributed by atoms with Crippen molar-refractivity contribution in [3.05, 3.63) is 0 Å². The summed E-state index contributed by atoms with van der Waals surface area (Å²) in [6.45, 7) is 0.158. The number of carbonyl (C=O) groups is 2. The van der Waals surface area contributed by atoms with Crippen LogP contribution in [0.3, 0.4) is 0 Å². The Labute approximate surface area is 82.5 Å². The van der Waals surface area contributed by atoms with E-state index in [0.717, 1.165) is 11.5 Å². The molecule has 0 spiro atoms. The molecule has 8 heteroatoms. The highest BCUT2D eigenvalue weighted by Crippen LogP contribution is 2.24. The lowest BCUT2D eigenvalue weighted by atomic mass is 10.1. The van der Waals surface area contributed by atoms with Crippen molar-refractivity contribution in [1.29, 1.82) is 0 Å². The van der Waals surface area contributed by atoms with E-state index in [0.29, 0.717) is 5.13 Å². The Morgan fingerprint density at radius 2 is 2.43 bits per heavy atom. The standard InChI is InChI=1S/C6H6N4O3S/c11-4-1-3(5(12)13)2-10(4)6-7-8-9-14-6/h3H,1-2H2,(H,12,13). The van der Waals surface area contributed by atoms with Gasteiger partial charge in [-0.25, -0.2) is 0 Å². The van der Waals surface area contributed by atoms with E-state index in [2.05, 4.69) is 14.8 Å². The maximum absolute atomic E-state index is 11.4. The van der Waals surface area contributed by atoms with Crippen molar-refractivity contribution in [2.24, 2.45) is 5.92 Å². The lowest BCUT2D eigenvalue weighted by Gasteiger charge is -2.09. The van der Waals surface area contributed by atoms with Gasteiger partial charge in [-0.2, -0.15) is 0 Å². The van der Waals surface area contributed by atoms with Gasteiger partial charge in [0.05, 0.1) is 5.92 Å². The van der Waals surface area contributed by atoms with Crippen molar-refractivity contribution in [3.63, 3.8) is 0 Å². The van der Waals surface area contributed by atoms with Crippen LogP contribution in [0.5, 0.6) is 0 Å². The number of hydrogen-bond donors (Lipinski definition) is 1. The lowest BCUT2D eigenvalue weighted by molar-refractivity contribution is -0.141. The van der Waals surface area contributed by atoms with Crippen molar-refractivity contribution in [2.45, 2.75) is 6.42 Å². The SMILES string of the molecule is O=C(O)C1CC(=O)N(c2nnns2)C1.